The van der Waals surface area contributed by atoms with Crippen LogP contribution >= 0.6 is 0 Å². The van der Waals surface area contributed by atoms with Crippen molar-refractivity contribution < 1.29 is 28.5 Å². The number of ether oxygens (including phenoxy) is 5. The zero-order valence-corrected chi connectivity index (χ0v) is 18.6. The second kappa shape index (κ2) is 16.9. The van der Waals surface area contributed by atoms with Crippen molar-refractivity contribution in [3.63, 3.8) is 0 Å². The van der Waals surface area contributed by atoms with Crippen LogP contribution in [0.25, 0.3) is 0 Å². The van der Waals surface area contributed by atoms with Crippen LogP contribution in [0, 0.1) is 0 Å². The lowest BCUT2D eigenvalue weighted by Crippen LogP contribution is -2.36. The average molecular weight is 440 g/mol. The molecule has 0 radical (unpaired) electrons. The number of nitrogens with one attached hydrogen (secondary N) is 2. The van der Waals surface area contributed by atoms with Crippen LogP contribution in [0.2, 0.25) is 0 Å². The number of hydrogen-bond donors (Lipinski definition) is 2. The summed E-state index contributed by atoms with van der Waals surface area (Å²) in [6, 6.07) is 5.51. The van der Waals surface area contributed by atoms with Gasteiger partial charge in [0.05, 0.1) is 51.9 Å². The largest absolute Gasteiger partial charge is 0.489 e. The van der Waals surface area contributed by atoms with Crippen LogP contribution in [0.15, 0.2) is 18.2 Å². The summed E-state index contributed by atoms with van der Waals surface area (Å²) in [7, 11) is 1.63. The summed E-state index contributed by atoms with van der Waals surface area (Å²) in [5.41, 5.74) is 1.51. The van der Waals surface area contributed by atoms with Gasteiger partial charge in [-0.15, -0.1) is 0 Å². The van der Waals surface area contributed by atoms with Crippen LogP contribution in [0.3, 0.4) is 0 Å². The van der Waals surface area contributed by atoms with Gasteiger partial charge in [0.25, 0.3) is 0 Å². The molecule has 0 unspecified atom stereocenters. The molecule has 9 heteroatoms. The van der Waals surface area contributed by atoms with Crippen molar-refractivity contribution in [3.8, 4) is 5.75 Å². The lowest BCUT2D eigenvalue weighted by molar-refractivity contribution is 0.0504. The van der Waals surface area contributed by atoms with E-state index < -0.39 is 0 Å². The van der Waals surface area contributed by atoms with E-state index in [2.05, 4.69) is 15.5 Å². The molecular weight excluding hydrogens is 402 g/mol. The van der Waals surface area contributed by atoms with Gasteiger partial charge in [0, 0.05) is 51.9 Å². The van der Waals surface area contributed by atoms with Crippen LogP contribution in [-0.2, 0) is 18.9 Å². The summed E-state index contributed by atoms with van der Waals surface area (Å²) < 4.78 is 28.0. The van der Waals surface area contributed by atoms with E-state index in [0.717, 1.165) is 44.7 Å². The number of carbonyl (C=O) groups excluding carboxylic acids is 1. The quantitative estimate of drug-likeness (QED) is 0.488. The molecule has 1 aromatic carbocycles. The maximum atomic E-state index is 11.2. The third-order valence-corrected chi connectivity index (χ3v) is 4.71. The van der Waals surface area contributed by atoms with E-state index in [4.69, 9.17) is 23.7 Å². The Kier molecular flexibility index (Phi) is 13.9. The van der Waals surface area contributed by atoms with Crippen molar-refractivity contribution in [1.82, 2.24) is 10.6 Å². The number of benzene rings is 1. The maximum Gasteiger partial charge on any atom is 0.150 e. The van der Waals surface area contributed by atoms with E-state index in [9.17, 15) is 4.79 Å². The van der Waals surface area contributed by atoms with Crippen LogP contribution in [-0.4, -0.2) is 106 Å². The van der Waals surface area contributed by atoms with E-state index in [-0.39, 0.29) is 0 Å². The zero-order valence-electron chi connectivity index (χ0n) is 18.6. The Balaban J connectivity index is 2.00. The van der Waals surface area contributed by atoms with Gasteiger partial charge in [-0.05, 0) is 18.2 Å². The Labute approximate surface area is 185 Å². The molecule has 31 heavy (non-hydrogen) atoms. The molecule has 1 aliphatic rings. The van der Waals surface area contributed by atoms with Gasteiger partial charge in [0.2, 0.25) is 0 Å². The van der Waals surface area contributed by atoms with Crippen LogP contribution < -0.4 is 20.3 Å². The summed E-state index contributed by atoms with van der Waals surface area (Å²) in [6.07, 6.45) is 0.826. The second-order valence-corrected chi connectivity index (χ2v) is 7.01. The predicted octanol–water partition coefficient (Wildman–Crippen LogP) is 0.573. The lowest BCUT2D eigenvalue weighted by Gasteiger charge is -2.27. The van der Waals surface area contributed by atoms with Crippen molar-refractivity contribution in [2.24, 2.45) is 0 Å². The normalized spacial score (nSPS) is 18.7. The first-order valence-corrected chi connectivity index (χ1v) is 11.0. The van der Waals surface area contributed by atoms with Gasteiger partial charge in [-0.3, -0.25) is 4.79 Å². The summed E-state index contributed by atoms with van der Waals surface area (Å²) in [5.74, 6) is 0.669. The maximum absolute atomic E-state index is 11.2. The molecule has 2 N–H and O–H groups in total. The monoisotopic (exact) mass is 439 g/mol. The SMILES string of the molecule is COCCOc1cc(C=O)ccc1N1CCNCCOCCNCCOCCOCC1. The Bertz CT molecular complexity index is 587. The molecule has 1 heterocycles. The molecule has 1 saturated heterocycles. The number of aldehydes is 1. The van der Waals surface area contributed by atoms with Crippen molar-refractivity contribution in [1.29, 1.82) is 0 Å². The molecule has 1 aromatic rings. The molecule has 176 valence electrons. The van der Waals surface area contributed by atoms with Crippen LogP contribution in [0.4, 0.5) is 5.69 Å². The Morgan fingerprint density at radius 1 is 0.903 bits per heavy atom. The van der Waals surface area contributed by atoms with E-state index in [0.29, 0.717) is 70.7 Å². The summed E-state index contributed by atoms with van der Waals surface area (Å²) in [4.78, 5) is 13.4. The first-order chi connectivity index (χ1) is 15.3. The minimum Gasteiger partial charge on any atom is -0.489 e. The second-order valence-electron chi connectivity index (χ2n) is 7.01. The van der Waals surface area contributed by atoms with E-state index >= 15 is 0 Å². The third-order valence-electron chi connectivity index (χ3n) is 4.71. The number of methoxy groups -OCH3 is 1. The number of anilines is 1. The fourth-order valence-corrected chi connectivity index (χ4v) is 3.06. The molecule has 0 bridgehead atoms. The molecule has 0 aromatic heterocycles. The van der Waals surface area contributed by atoms with Gasteiger partial charge in [-0.1, -0.05) is 0 Å². The molecule has 1 aliphatic heterocycles. The average Bonchev–Trinajstić information content (AvgIpc) is 2.79. The Morgan fingerprint density at radius 3 is 2.29 bits per heavy atom. The minimum absolute atomic E-state index is 0.415. The number of rotatable bonds is 6. The van der Waals surface area contributed by atoms with Gasteiger partial charge in [0.15, 0.2) is 0 Å². The molecule has 2 rings (SSSR count). The highest BCUT2D eigenvalue weighted by atomic mass is 16.5. The van der Waals surface area contributed by atoms with E-state index in [1.165, 1.54) is 0 Å². The topological polar surface area (TPSA) is 90.5 Å². The highest BCUT2D eigenvalue weighted by molar-refractivity contribution is 5.78. The van der Waals surface area contributed by atoms with Crippen molar-refractivity contribution in [3.05, 3.63) is 23.8 Å². The molecule has 0 atom stereocenters. The highest BCUT2D eigenvalue weighted by Gasteiger charge is 2.14. The number of hydrogen-bond acceptors (Lipinski definition) is 9. The summed E-state index contributed by atoms with van der Waals surface area (Å²) in [6.45, 7) is 9.24. The molecule has 9 nitrogen and oxygen atoms in total. The van der Waals surface area contributed by atoms with Gasteiger partial charge < -0.3 is 39.2 Å². The zero-order chi connectivity index (χ0) is 22.0. The minimum atomic E-state index is 0.415. The third kappa shape index (κ3) is 10.9. The standard InChI is InChI=1S/C22H37N3O6/c1-27-14-17-31-22-18-20(19-26)2-3-21(22)25-8-4-23-5-10-28-11-6-24-7-12-29-15-16-30-13-9-25/h2-3,18-19,23-24H,4-17H2,1H3. The predicted molar refractivity (Wildman–Crippen MR) is 120 cm³/mol. The van der Waals surface area contributed by atoms with Crippen LogP contribution in [0.1, 0.15) is 10.4 Å². The Hall–Kier alpha value is -1.75. The first kappa shape index (κ1) is 25.5. The molecule has 1 fully saturated rings. The van der Waals surface area contributed by atoms with E-state index in [1.807, 2.05) is 6.07 Å². The summed E-state index contributed by atoms with van der Waals surface area (Å²) in [5, 5.41) is 6.70. The van der Waals surface area contributed by atoms with Crippen molar-refractivity contribution in [2.75, 3.05) is 104 Å². The number of nitrogens with zero attached hydrogens (tertiary/aromatic N) is 1. The van der Waals surface area contributed by atoms with Gasteiger partial charge in [0.1, 0.15) is 18.6 Å². The first-order valence-electron chi connectivity index (χ1n) is 11.0. The summed E-state index contributed by atoms with van der Waals surface area (Å²) >= 11 is 0. The highest BCUT2D eigenvalue weighted by Crippen LogP contribution is 2.29. The van der Waals surface area contributed by atoms with Gasteiger partial charge in [-0.25, -0.2) is 0 Å². The molecular formula is C22H37N3O6. The van der Waals surface area contributed by atoms with Crippen molar-refractivity contribution >= 4 is 12.0 Å². The van der Waals surface area contributed by atoms with Crippen molar-refractivity contribution in [2.45, 2.75) is 0 Å². The fourth-order valence-electron chi connectivity index (χ4n) is 3.06. The molecule has 0 amide bonds. The molecule has 0 saturated carbocycles. The van der Waals surface area contributed by atoms with Crippen LogP contribution in [0.5, 0.6) is 5.75 Å². The lowest BCUT2D eigenvalue weighted by atomic mass is 10.2. The molecule has 0 aliphatic carbocycles. The molecule has 0 spiro atoms. The van der Waals surface area contributed by atoms with Gasteiger partial charge >= 0.3 is 0 Å². The van der Waals surface area contributed by atoms with Gasteiger partial charge in [-0.2, -0.15) is 0 Å². The smallest absolute Gasteiger partial charge is 0.150 e. The number of carbonyl (C=O) groups is 1. The van der Waals surface area contributed by atoms with E-state index in [1.54, 1.807) is 19.2 Å². The Morgan fingerprint density at radius 2 is 1.58 bits per heavy atom. The fraction of sp³-hybridized carbons (Fsp3) is 0.682.